The summed E-state index contributed by atoms with van der Waals surface area (Å²) < 4.78 is 0. The average Bonchev–Trinajstić information content (AvgIpc) is 1.87. The number of primary amides is 2. The first-order valence-corrected chi connectivity index (χ1v) is 4.26. The van der Waals surface area contributed by atoms with Gasteiger partial charge in [-0.25, -0.2) is 4.79 Å². The Labute approximate surface area is 74.8 Å². The Morgan fingerprint density at radius 1 is 1.17 bits per heavy atom. The number of amides is 2. The van der Waals surface area contributed by atoms with Gasteiger partial charge in [-0.1, -0.05) is 38.8 Å². The lowest BCUT2D eigenvalue weighted by molar-refractivity contribution is 0.256. The molecule has 0 aliphatic heterocycles. The number of hydrogen-bond donors (Lipinski definition) is 2. The summed E-state index contributed by atoms with van der Waals surface area (Å²) in [6, 6.07) is -0.833. The van der Waals surface area contributed by atoms with Crippen LogP contribution < -0.4 is 11.5 Å². The minimum atomic E-state index is -0.833. The highest BCUT2D eigenvalue weighted by molar-refractivity contribution is 5.69. The Kier molecular flexibility index (Phi) is 11.3. The molecule has 0 atom stereocenters. The van der Waals surface area contributed by atoms with Gasteiger partial charge in [0.05, 0.1) is 0 Å². The molecule has 0 saturated carbocycles. The van der Waals surface area contributed by atoms with Crippen LogP contribution in [0, 0.1) is 0 Å². The maximum Gasteiger partial charge on any atom is 0.309 e. The molecular formula is C9H20N2O. The molecule has 0 bridgehead atoms. The van der Waals surface area contributed by atoms with Crippen molar-refractivity contribution in [1.29, 1.82) is 0 Å². The first kappa shape index (κ1) is 13.6. The quantitative estimate of drug-likeness (QED) is 0.627. The van der Waals surface area contributed by atoms with E-state index in [1.165, 1.54) is 31.3 Å². The fourth-order valence-corrected chi connectivity index (χ4v) is 0.832. The summed E-state index contributed by atoms with van der Waals surface area (Å²) in [5.41, 5.74) is 9.91. The first-order chi connectivity index (χ1) is 5.54. The molecule has 0 aromatic carbocycles. The van der Waals surface area contributed by atoms with Crippen LogP contribution in [0.1, 0.15) is 39.5 Å². The highest BCUT2D eigenvalue weighted by atomic mass is 16.2. The number of allylic oxidation sites excluding steroid dienone is 1. The second kappa shape index (κ2) is 10.0. The highest BCUT2D eigenvalue weighted by Crippen LogP contribution is 2.07. The summed E-state index contributed by atoms with van der Waals surface area (Å²) in [5, 5.41) is 0. The molecule has 0 aliphatic rings. The van der Waals surface area contributed by atoms with Crippen molar-refractivity contribution < 1.29 is 4.79 Å². The second-order valence-corrected chi connectivity index (χ2v) is 2.65. The summed E-state index contributed by atoms with van der Waals surface area (Å²) in [6.45, 7) is 8.32. The minimum Gasteiger partial charge on any atom is -0.352 e. The Bertz CT molecular complexity index is 120. The number of carbonyl (C=O) groups excluding carboxylic acids is 1. The topological polar surface area (TPSA) is 69.1 Å². The third kappa shape index (κ3) is 23.0. The summed E-state index contributed by atoms with van der Waals surface area (Å²) in [7, 11) is 0. The highest BCUT2D eigenvalue weighted by Gasteiger charge is 1.87. The van der Waals surface area contributed by atoms with Gasteiger partial charge in [-0.2, -0.15) is 0 Å². The molecule has 0 radical (unpaired) electrons. The van der Waals surface area contributed by atoms with E-state index in [-0.39, 0.29) is 0 Å². The lowest BCUT2D eigenvalue weighted by Crippen LogP contribution is -2.18. The fraction of sp³-hybridized carbons (Fsp3) is 0.667. The molecule has 4 N–H and O–H groups in total. The van der Waals surface area contributed by atoms with Crippen LogP contribution in [0.5, 0.6) is 0 Å². The van der Waals surface area contributed by atoms with Gasteiger partial charge >= 0.3 is 6.03 Å². The Balaban J connectivity index is 0. The molecule has 3 nitrogen and oxygen atoms in total. The smallest absolute Gasteiger partial charge is 0.309 e. The van der Waals surface area contributed by atoms with E-state index in [0.717, 1.165) is 0 Å². The van der Waals surface area contributed by atoms with Crippen molar-refractivity contribution in [3.8, 4) is 0 Å². The molecular weight excluding hydrogens is 152 g/mol. The van der Waals surface area contributed by atoms with Gasteiger partial charge in [0.2, 0.25) is 0 Å². The van der Waals surface area contributed by atoms with E-state index in [1.807, 2.05) is 0 Å². The Hall–Kier alpha value is -0.990. The molecule has 0 unspecified atom stereocenters. The fourth-order valence-electron chi connectivity index (χ4n) is 0.832. The molecule has 2 amide bonds. The third-order valence-electron chi connectivity index (χ3n) is 1.21. The van der Waals surface area contributed by atoms with Crippen LogP contribution in [0.3, 0.4) is 0 Å². The largest absolute Gasteiger partial charge is 0.352 e. The van der Waals surface area contributed by atoms with Crippen LogP contribution in [0.2, 0.25) is 0 Å². The molecule has 0 saturated heterocycles. The lowest BCUT2D eigenvalue weighted by atomic mass is 10.1. The maximum atomic E-state index is 9.00. The maximum absolute atomic E-state index is 9.00. The summed E-state index contributed by atoms with van der Waals surface area (Å²) >= 11 is 0. The number of nitrogens with two attached hydrogens (primary N) is 2. The van der Waals surface area contributed by atoms with Crippen molar-refractivity contribution in [3.63, 3.8) is 0 Å². The Morgan fingerprint density at radius 2 is 1.42 bits per heavy atom. The molecule has 0 aromatic rings. The lowest BCUT2D eigenvalue weighted by Gasteiger charge is -1.97. The third-order valence-corrected chi connectivity index (χ3v) is 1.21. The minimum absolute atomic E-state index is 0.833. The van der Waals surface area contributed by atoms with E-state index < -0.39 is 6.03 Å². The second-order valence-electron chi connectivity index (χ2n) is 2.65. The van der Waals surface area contributed by atoms with E-state index in [0.29, 0.717) is 0 Å². The molecule has 72 valence electrons. The molecule has 0 heterocycles. The van der Waals surface area contributed by atoms with Crippen molar-refractivity contribution in [2.24, 2.45) is 11.5 Å². The molecule has 0 rings (SSSR count). The van der Waals surface area contributed by atoms with Gasteiger partial charge in [-0.3, -0.25) is 0 Å². The van der Waals surface area contributed by atoms with Crippen LogP contribution in [0.15, 0.2) is 12.2 Å². The molecule has 0 spiro atoms. The Morgan fingerprint density at radius 3 is 1.58 bits per heavy atom. The SMILES string of the molecule is C=C(CCC)CCC.NC(N)=O. The molecule has 3 heteroatoms. The average molecular weight is 172 g/mol. The van der Waals surface area contributed by atoms with Crippen molar-refractivity contribution in [2.45, 2.75) is 39.5 Å². The number of urea groups is 1. The van der Waals surface area contributed by atoms with Crippen LogP contribution >= 0.6 is 0 Å². The first-order valence-electron chi connectivity index (χ1n) is 4.26. The van der Waals surface area contributed by atoms with Crippen molar-refractivity contribution in [3.05, 3.63) is 12.2 Å². The van der Waals surface area contributed by atoms with E-state index >= 15 is 0 Å². The number of hydrogen-bond acceptors (Lipinski definition) is 1. The number of carbonyl (C=O) groups is 1. The van der Waals surface area contributed by atoms with E-state index in [9.17, 15) is 0 Å². The van der Waals surface area contributed by atoms with Gasteiger partial charge in [0.1, 0.15) is 0 Å². The molecule has 0 fully saturated rings. The monoisotopic (exact) mass is 172 g/mol. The van der Waals surface area contributed by atoms with Gasteiger partial charge in [0, 0.05) is 0 Å². The zero-order valence-electron chi connectivity index (χ0n) is 8.10. The van der Waals surface area contributed by atoms with E-state index in [1.54, 1.807) is 0 Å². The van der Waals surface area contributed by atoms with Crippen LogP contribution in [0.25, 0.3) is 0 Å². The standard InChI is InChI=1S/C8H16.CH4N2O/c1-4-6-8(3)7-5-2;2-1(3)4/h3-7H2,1-2H3;(H4,2,3,4). The zero-order valence-corrected chi connectivity index (χ0v) is 8.10. The van der Waals surface area contributed by atoms with Crippen molar-refractivity contribution in [2.75, 3.05) is 0 Å². The van der Waals surface area contributed by atoms with Crippen molar-refractivity contribution in [1.82, 2.24) is 0 Å². The van der Waals surface area contributed by atoms with E-state index in [4.69, 9.17) is 4.79 Å². The molecule has 0 aliphatic carbocycles. The van der Waals surface area contributed by atoms with Crippen LogP contribution in [-0.4, -0.2) is 6.03 Å². The predicted molar refractivity (Wildman–Crippen MR) is 52.7 cm³/mol. The molecule has 0 aromatic heterocycles. The van der Waals surface area contributed by atoms with Gasteiger partial charge in [0.25, 0.3) is 0 Å². The van der Waals surface area contributed by atoms with Crippen molar-refractivity contribution >= 4 is 6.03 Å². The zero-order chi connectivity index (χ0) is 9.98. The van der Waals surface area contributed by atoms with E-state index in [2.05, 4.69) is 31.9 Å². The predicted octanol–water partition coefficient (Wildman–Crippen LogP) is 2.17. The summed E-state index contributed by atoms with van der Waals surface area (Å²) in [4.78, 5) is 9.00. The van der Waals surface area contributed by atoms with Gasteiger partial charge < -0.3 is 11.5 Å². The van der Waals surface area contributed by atoms with Gasteiger partial charge in [0.15, 0.2) is 0 Å². The van der Waals surface area contributed by atoms with Gasteiger partial charge in [-0.15, -0.1) is 0 Å². The van der Waals surface area contributed by atoms with Crippen LogP contribution in [0.4, 0.5) is 4.79 Å². The molecule has 12 heavy (non-hydrogen) atoms. The summed E-state index contributed by atoms with van der Waals surface area (Å²) in [5.74, 6) is 0. The normalized spacial score (nSPS) is 8.17. The van der Waals surface area contributed by atoms with Crippen LogP contribution in [-0.2, 0) is 0 Å². The number of rotatable bonds is 4. The van der Waals surface area contributed by atoms with Gasteiger partial charge in [-0.05, 0) is 12.8 Å². The summed E-state index contributed by atoms with van der Waals surface area (Å²) in [6.07, 6.45) is 4.93.